The van der Waals surface area contributed by atoms with Crippen molar-refractivity contribution in [3.63, 3.8) is 0 Å². The molecule has 3 rings (SSSR count). The Hall–Kier alpha value is -2.42. The second kappa shape index (κ2) is 4.11. The summed E-state index contributed by atoms with van der Waals surface area (Å²) < 4.78 is 14.0. The van der Waals surface area contributed by atoms with Crippen LogP contribution in [0.25, 0.3) is 22.0 Å². The molecule has 0 atom stereocenters. The van der Waals surface area contributed by atoms with Gasteiger partial charge >= 0.3 is 0 Å². The maximum atomic E-state index is 14.0. The van der Waals surface area contributed by atoms with Crippen LogP contribution in [0.1, 0.15) is 0 Å². The Morgan fingerprint density at radius 1 is 1.00 bits per heavy atom. The van der Waals surface area contributed by atoms with Gasteiger partial charge in [0, 0.05) is 23.2 Å². The van der Waals surface area contributed by atoms with E-state index in [0.717, 1.165) is 10.9 Å². The van der Waals surface area contributed by atoms with Crippen LogP contribution in [-0.2, 0) is 0 Å². The molecule has 1 aromatic heterocycles. The van der Waals surface area contributed by atoms with Crippen molar-refractivity contribution in [3.8, 4) is 16.9 Å². The lowest BCUT2D eigenvalue weighted by Gasteiger charge is -2.05. The molecule has 0 fully saturated rings. The Kier molecular flexibility index (Phi) is 2.45. The van der Waals surface area contributed by atoms with Crippen LogP contribution in [0.4, 0.5) is 4.39 Å². The highest BCUT2D eigenvalue weighted by Crippen LogP contribution is 2.28. The second-order valence-corrected chi connectivity index (χ2v) is 4.08. The minimum atomic E-state index is -0.313. The first-order valence-corrected chi connectivity index (χ1v) is 5.58. The molecule has 3 aromatic rings. The average Bonchev–Trinajstić information content (AvgIpc) is 2.39. The lowest BCUT2D eigenvalue weighted by atomic mass is 10.0. The second-order valence-electron chi connectivity index (χ2n) is 4.08. The number of aromatic nitrogens is 1. The minimum absolute atomic E-state index is 0.168. The number of hydrogen-bond donors (Lipinski definition) is 1. The van der Waals surface area contributed by atoms with Crippen LogP contribution < -0.4 is 0 Å². The molecule has 0 radical (unpaired) electrons. The summed E-state index contributed by atoms with van der Waals surface area (Å²) in [5, 5.41) is 10.1. The molecule has 0 aliphatic heterocycles. The van der Waals surface area contributed by atoms with E-state index < -0.39 is 0 Å². The van der Waals surface area contributed by atoms with Gasteiger partial charge in [0.15, 0.2) is 0 Å². The molecule has 2 aromatic carbocycles. The van der Waals surface area contributed by atoms with E-state index in [1.165, 1.54) is 6.07 Å². The van der Waals surface area contributed by atoms with Gasteiger partial charge in [-0.15, -0.1) is 0 Å². The molecular formula is C15H10FNO. The number of halogens is 1. The first kappa shape index (κ1) is 10.7. The number of phenols is 1. The number of phenolic OH excluding ortho intramolecular Hbond substituents is 1. The molecule has 18 heavy (non-hydrogen) atoms. The van der Waals surface area contributed by atoms with Crippen LogP contribution in [0.5, 0.6) is 5.75 Å². The Balaban J connectivity index is 2.22. The molecule has 2 nitrogen and oxygen atoms in total. The Morgan fingerprint density at radius 2 is 1.78 bits per heavy atom. The monoisotopic (exact) mass is 239 g/mol. The van der Waals surface area contributed by atoms with Crippen molar-refractivity contribution >= 4 is 10.9 Å². The molecule has 0 saturated carbocycles. The topological polar surface area (TPSA) is 33.1 Å². The molecule has 0 amide bonds. The number of hydrogen-bond acceptors (Lipinski definition) is 2. The quantitative estimate of drug-likeness (QED) is 0.701. The molecular weight excluding hydrogens is 229 g/mol. The summed E-state index contributed by atoms with van der Waals surface area (Å²) in [5.74, 6) is -0.145. The highest BCUT2D eigenvalue weighted by Gasteiger charge is 2.07. The number of pyridine rings is 1. The fourth-order valence-electron chi connectivity index (χ4n) is 1.96. The zero-order valence-corrected chi connectivity index (χ0v) is 9.47. The summed E-state index contributed by atoms with van der Waals surface area (Å²) in [6, 6.07) is 13.4. The van der Waals surface area contributed by atoms with Crippen LogP contribution in [0.15, 0.2) is 54.7 Å². The van der Waals surface area contributed by atoms with Crippen LogP contribution in [-0.4, -0.2) is 10.1 Å². The van der Waals surface area contributed by atoms with Crippen molar-refractivity contribution in [2.45, 2.75) is 0 Å². The Labute approximate surface area is 103 Å². The zero-order valence-electron chi connectivity index (χ0n) is 9.47. The van der Waals surface area contributed by atoms with Crippen molar-refractivity contribution in [2.75, 3.05) is 0 Å². The van der Waals surface area contributed by atoms with Gasteiger partial charge in [0.1, 0.15) is 11.6 Å². The number of nitrogens with zero attached hydrogens (tertiary/aromatic N) is 1. The SMILES string of the molecule is Oc1ccc(-c2cc3cccnc3cc2F)cc1. The first-order chi connectivity index (χ1) is 8.74. The molecule has 1 N–H and O–H groups in total. The maximum Gasteiger partial charge on any atom is 0.133 e. The molecule has 0 unspecified atom stereocenters. The molecule has 0 spiro atoms. The van der Waals surface area contributed by atoms with E-state index in [-0.39, 0.29) is 11.6 Å². The van der Waals surface area contributed by atoms with Crippen molar-refractivity contribution < 1.29 is 9.50 Å². The van der Waals surface area contributed by atoms with E-state index in [1.807, 2.05) is 12.1 Å². The van der Waals surface area contributed by atoms with Gasteiger partial charge in [0.2, 0.25) is 0 Å². The van der Waals surface area contributed by atoms with E-state index in [1.54, 1.807) is 36.5 Å². The Morgan fingerprint density at radius 3 is 2.56 bits per heavy atom. The predicted octanol–water partition coefficient (Wildman–Crippen LogP) is 3.75. The number of rotatable bonds is 1. The zero-order chi connectivity index (χ0) is 12.5. The standard InChI is InChI=1S/C15H10FNO/c16-14-9-15-11(2-1-7-17-15)8-13(14)10-3-5-12(18)6-4-10/h1-9,18H. The smallest absolute Gasteiger partial charge is 0.133 e. The van der Waals surface area contributed by atoms with Gasteiger partial charge in [0.05, 0.1) is 5.52 Å². The molecule has 0 aliphatic rings. The normalized spacial score (nSPS) is 10.7. The van der Waals surface area contributed by atoms with Crippen LogP contribution in [0.2, 0.25) is 0 Å². The molecule has 1 heterocycles. The van der Waals surface area contributed by atoms with E-state index in [4.69, 9.17) is 0 Å². The van der Waals surface area contributed by atoms with E-state index in [9.17, 15) is 9.50 Å². The first-order valence-electron chi connectivity index (χ1n) is 5.58. The average molecular weight is 239 g/mol. The van der Waals surface area contributed by atoms with Crippen LogP contribution >= 0.6 is 0 Å². The van der Waals surface area contributed by atoms with Crippen molar-refractivity contribution in [1.82, 2.24) is 4.98 Å². The number of aromatic hydroxyl groups is 1. The van der Waals surface area contributed by atoms with Gasteiger partial charge in [-0.3, -0.25) is 4.98 Å². The summed E-state index contributed by atoms with van der Waals surface area (Å²) in [5.41, 5.74) is 1.88. The summed E-state index contributed by atoms with van der Waals surface area (Å²) in [6.07, 6.45) is 1.64. The van der Waals surface area contributed by atoms with Gasteiger partial charge in [-0.25, -0.2) is 4.39 Å². The lowest BCUT2D eigenvalue weighted by molar-refractivity contribution is 0.475. The molecule has 3 heteroatoms. The van der Waals surface area contributed by atoms with E-state index >= 15 is 0 Å². The maximum absolute atomic E-state index is 14.0. The number of benzene rings is 2. The lowest BCUT2D eigenvalue weighted by Crippen LogP contribution is -1.87. The van der Waals surface area contributed by atoms with Gasteiger partial charge in [-0.05, 0) is 29.8 Å². The number of fused-ring (bicyclic) bond motifs is 1. The predicted molar refractivity (Wildman–Crippen MR) is 68.8 cm³/mol. The summed E-state index contributed by atoms with van der Waals surface area (Å²) in [6.45, 7) is 0. The Bertz CT molecular complexity index is 707. The van der Waals surface area contributed by atoms with Gasteiger partial charge < -0.3 is 5.11 Å². The molecule has 0 aliphatic carbocycles. The fraction of sp³-hybridized carbons (Fsp3) is 0. The van der Waals surface area contributed by atoms with Crippen LogP contribution in [0.3, 0.4) is 0 Å². The molecule has 88 valence electrons. The third kappa shape index (κ3) is 1.80. The summed E-state index contributed by atoms with van der Waals surface area (Å²) in [4.78, 5) is 4.11. The molecule has 0 saturated heterocycles. The largest absolute Gasteiger partial charge is 0.508 e. The molecule has 0 bridgehead atoms. The summed E-state index contributed by atoms with van der Waals surface area (Å²) in [7, 11) is 0. The van der Waals surface area contributed by atoms with Crippen molar-refractivity contribution in [2.24, 2.45) is 0 Å². The van der Waals surface area contributed by atoms with E-state index in [0.29, 0.717) is 11.1 Å². The minimum Gasteiger partial charge on any atom is -0.508 e. The third-order valence-electron chi connectivity index (χ3n) is 2.87. The van der Waals surface area contributed by atoms with Gasteiger partial charge in [-0.1, -0.05) is 18.2 Å². The van der Waals surface area contributed by atoms with Crippen molar-refractivity contribution in [3.05, 3.63) is 60.5 Å². The summed E-state index contributed by atoms with van der Waals surface area (Å²) >= 11 is 0. The van der Waals surface area contributed by atoms with Crippen LogP contribution in [0, 0.1) is 5.82 Å². The van der Waals surface area contributed by atoms with E-state index in [2.05, 4.69) is 4.98 Å². The third-order valence-corrected chi connectivity index (χ3v) is 2.87. The van der Waals surface area contributed by atoms with Gasteiger partial charge in [0.25, 0.3) is 0 Å². The highest BCUT2D eigenvalue weighted by atomic mass is 19.1. The van der Waals surface area contributed by atoms with Gasteiger partial charge in [-0.2, -0.15) is 0 Å². The van der Waals surface area contributed by atoms with Crippen molar-refractivity contribution in [1.29, 1.82) is 0 Å². The fourth-order valence-corrected chi connectivity index (χ4v) is 1.96. The highest BCUT2D eigenvalue weighted by molar-refractivity contribution is 5.84.